The number of hydrogen-bond acceptors (Lipinski definition) is 3. The summed E-state index contributed by atoms with van der Waals surface area (Å²) in [5.74, 6) is -2.90. The van der Waals surface area contributed by atoms with Crippen LogP contribution in [0.5, 0.6) is 0 Å². The second kappa shape index (κ2) is 8.05. The molecule has 2 atom stereocenters. The Bertz CT molecular complexity index is 1010. The fraction of sp³-hybridized carbons (Fsp3) is 0.348. The number of benzene rings is 2. The molecule has 4 rings (SSSR count). The molecule has 7 heteroatoms. The lowest BCUT2D eigenvalue weighted by atomic mass is 9.83. The highest BCUT2D eigenvalue weighted by Gasteiger charge is 2.45. The Hall–Kier alpha value is -2.96. The van der Waals surface area contributed by atoms with Gasteiger partial charge >= 0.3 is 0 Å². The van der Waals surface area contributed by atoms with Gasteiger partial charge in [-0.25, -0.2) is 13.2 Å². The molecule has 0 aliphatic carbocycles. The summed E-state index contributed by atoms with van der Waals surface area (Å²) in [6.07, 6.45) is 0.312. The summed E-state index contributed by atoms with van der Waals surface area (Å²) in [4.78, 5) is 31.0. The molecule has 2 heterocycles. The second-order valence-corrected chi connectivity index (χ2v) is 7.90. The number of aryl methyl sites for hydroxylation is 1. The van der Waals surface area contributed by atoms with E-state index in [2.05, 4.69) is 4.99 Å². The van der Waals surface area contributed by atoms with Gasteiger partial charge in [-0.15, -0.1) is 0 Å². The number of nitrogens with zero attached hydrogens (tertiary/aromatic N) is 2. The molecule has 0 aromatic heterocycles. The molecule has 0 spiro atoms. The van der Waals surface area contributed by atoms with Crippen LogP contribution in [0.15, 0.2) is 41.4 Å². The van der Waals surface area contributed by atoms with Crippen LogP contribution in [0.3, 0.4) is 0 Å². The molecule has 1 amide bonds. The third kappa shape index (κ3) is 3.88. The van der Waals surface area contributed by atoms with E-state index in [9.17, 15) is 22.8 Å². The molecule has 2 aromatic carbocycles. The van der Waals surface area contributed by atoms with Crippen LogP contribution in [0.25, 0.3) is 0 Å². The summed E-state index contributed by atoms with van der Waals surface area (Å²) < 4.78 is 42.6. The van der Waals surface area contributed by atoms with Crippen molar-refractivity contribution >= 4 is 17.5 Å². The molecular formula is C23H21F3N2O2. The maximum Gasteiger partial charge on any atom is 0.229 e. The van der Waals surface area contributed by atoms with Gasteiger partial charge in [0.25, 0.3) is 0 Å². The van der Waals surface area contributed by atoms with Crippen molar-refractivity contribution in [3.63, 3.8) is 0 Å². The Morgan fingerprint density at radius 2 is 1.80 bits per heavy atom. The van der Waals surface area contributed by atoms with Crippen molar-refractivity contribution in [3.05, 3.63) is 70.5 Å². The topological polar surface area (TPSA) is 49.7 Å². The molecular weight excluding hydrogens is 393 g/mol. The molecule has 0 N–H and O–H groups in total. The van der Waals surface area contributed by atoms with Crippen LogP contribution in [0.1, 0.15) is 35.4 Å². The van der Waals surface area contributed by atoms with E-state index < -0.39 is 29.3 Å². The Labute approximate surface area is 172 Å². The van der Waals surface area contributed by atoms with Gasteiger partial charge in [-0.05, 0) is 42.3 Å². The molecule has 0 radical (unpaired) electrons. The third-order valence-electron chi connectivity index (χ3n) is 5.73. The third-order valence-corrected chi connectivity index (χ3v) is 5.73. The number of hydrogen-bond donors (Lipinski definition) is 0. The van der Waals surface area contributed by atoms with Gasteiger partial charge < -0.3 is 0 Å². The van der Waals surface area contributed by atoms with Crippen molar-refractivity contribution < 1.29 is 22.8 Å². The van der Waals surface area contributed by atoms with Crippen LogP contribution in [-0.2, 0) is 16.0 Å². The van der Waals surface area contributed by atoms with E-state index in [4.69, 9.17) is 0 Å². The average Bonchev–Trinajstić information content (AvgIpc) is 3.02. The average molecular weight is 414 g/mol. The van der Waals surface area contributed by atoms with Gasteiger partial charge in [0.05, 0.1) is 0 Å². The number of fused-ring (bicyclic) bond motifs is 1. The highest BCUT2D eigenvalue weighted by atomic mass is 19.1. The van der Waals surface area contributed by atoms with Crippen LogP contribution in [-0.4, -0.2) is 35.5 Å². The summed E-state index contributed by atoms with van der Waals surface area (Å²) in [5.41, 5.74) is 1.01. The lowest BCUT2D eigenvalue weighted by Crippen LogP contribution is -2.38. The standard InChI is InChI=1S/C23H21F3N2O2/c1-13-8-19(25)22(20(26)9-13)18-12-28-21(30)6-7-27-23(28)17(18)11-16(29)10-14-2-4-15(24)5-3-14/h2-5,8-9,17-18H,6-7,10-12H2,1H3/t17-,18+/m0/s1. The van der Waals surface area contributed by atoms with Crippen molar-refractivity contribution in [2.24, 2.45) is 10.9 Å². The fourth-order valence-electron chi connectivity index (χ4n) is 4.37. The molecule has 2 aromatic rings. The van der Waals surface area contributed by atoms with Crippen molar-refractivity contribution in [2.75, 3.05) is 13.1 Å². The van der Waals surface area contributed by atoms with Gasteiger partial charge in [0.2, 0.25) is 5.91 Å². The zero-order chi connectivity index (χ0) is 21.4. The van der Waals surface area contributed by atoms with E-state index in [1.165, 1.54) is 41.3 Å². The minimum absolute atomic E-state index is 0.00257. The normalized spacial score (nSPS) is 20.9. The van der Waals surface area contributed by atoms with Crippen molar-refractivity contribution in [2.45, 2.75) is 32.1 Å². The summed E-state index contributed by atoms with van der Waals surface area (Å²) in [7, 11) is 0. The maximum atomic E-state index is 14.7. The van der Waals surface area contributed by atoms with Crippen molar-refractivity contribution in [1.82, 2.24) is 4.90 Å². The van der Waals surface area contributed by atoms with Gasteiger partial charge in [-0.3, -0.25) is 19.5 Å². The molecule has 4 nitrogen and oxygen atoms in total. The van der Waals surface area contributed by atoms with Crippen LogP contribution in [0, 0.1) is 30.3 Å². The number of carbonyl (C=O) groups is 2. The molecule has 1 saturated heterocycles. The molecule has 30 heavy (non-hydrogen) atoms. The van der Waals surface area contributed by atoms with Gasteiger partial charge in [0, 0.05) is 49.8 Å². The van der Waals surface area contributed by atoms with Gasteiger partial charge in [-0.1, -0.05) is 12.1 Å². The Balaban J connectivity index is 1.65. The summed E-state index contributed by atoms with van der Waals surface area (Å²) in [6, 6.07) is 8.15. The minimum atomic E-state index is -0.691. The van der Waals surface area contributed by atoms with Gasteiger partial charge in [0.15, 0.2) is 0 Å². The summed E-state index contributed by atoms with van der Waals surface area (Å²) in [6.45, 7) is 2.01. The first-order valence-electron chi connectivity index (χ1n) is 9.90. The fourth-order valence-corrected chi connectivity index (χ4v) is 4.37. The Kier molecular flexibility index (Phi) is 5.45. The summed E-state index contributed by atoms with van der Waals surface area (Å²) in [5, 5.41) is 0. The van der Waals surface area contributed by atoms with Gasteiger partial charge in [-0.2, -0.15) is 0 Å². The van der Waals surface area contributed by atoms with E-state index in [0.717, 1.165) is 0 Å². The predicted molar refractivity (Wildman–Crippen MR) is 106 cm³/mol. The van der Waals surface area contributed by atoms with Crippen molar-refractivity contribution in [3.8, 4) is 0 Å². The maximum absolute atomic E-state index is 14.7. The molecule has 156 valence electrons. The van der Waals surface area contributed by atoms with Crippen LogP contribution in [0.4, 0.5) is 13.2 Å². The first-order chi connectivity index (χ1) is 14.3. The number of carbonyl (C=O) groups excluding carboxylic acids is 2. The molecule has 1 fully saturated rings. The first kappa shape index (κ1) is 20.3. The highest BCUT2D eigenvalue weighted by molar-refractivity contribution is 6.04. The number of Topliss-reactive ketones (excluding diaryl/α,β-unsaturated/α-hetero) is 1. The van der Waals surface area contributed by atoms with E-state index in [1.807, 2.05) is 0 Å². The van der Waals surface area contributed by atoms with Crippen molar-refractivity contribution in [1.29, 1.82) is 0 Å². The van der Waals surface area contributed by atoms with E-state index in [1.54, 1.807) is 6.92 Å². The van der Waals surface area contributed by atoms with Crippen LogP contribution >= 0.6 is 0 Å². The smallest absolute Gasteiger partial charge is 0.229 e. The number of amides is 1. The quantitative estimate of drug-likeness (QED) is 0.744. The molecule has 2 aliphatic rings. The lowest BCUT2D eigenvalue weighted by Gasteiger charge is -2.23. The number of aliphatic imine (C=N–C) groups is 1. The zero-order valence-corrected chi connectivity index (χ0v) is 16.5. The van der Waals surface area contributed by atoms with Crippen LogP contribution < -0.4 is 0 Å². The van der Waals surface area contributed by atoms with E-state index in [-0.39, 0.29) is 43.1 Å². The molecule has 0 bridgehead atoms. The molecule has 0 saturated carbocycles. The number of halogens is 3. The number of rotatable bonds is 5. The molecule has 2 aliphatic heterocycles. The van der Waals surface area contributed by atoms with Crippen LogP contribution in [0.2, 0.25) is 0 Å². The SMILES string of the molecule is Cc1cc(F)c([C@@H]2CN3C(=O)CCN=C3[C@H]2CC(=O)Cc2ccc(F)cc2)c(F)c1. The number of ketones is 1. The largest absolute Gasteiger partial charge is 0.300 e. The predicted octanol–water partition coefficient (Wildman–Crippen LogP) is 3.96. The second-order valence-electron chi connectivity index (χ2n) is 7.90. The summed E-state index contributed by atoms with van der Waals surface area (Å²) >= 11 is 0. The van der Waals surface area contributed by atoms with E-state index in [0.29, 0.717) is 23.5 Å². The monoisotopic (exact) mass is 414 g/mol. The first-order valence-corrected chi connectivity index (χ1v) is 9.90. The zero-order valence-electron chi connectivity index (χ0n) is 16.5. The van der Waals surface area contributed by atoms with E-state index >= 15 is 0 Å². The Morgan fingerprint density at radius 3 is 2.47 bits per heavy atom. The lowest BCUT2D eigenvalue weighted by molar-refractivity contribution is -0.127. The van der Waals surface area contributed by atoms with Gasteiger partial charge in [0.1, 0.15) is 29.1 Å². The number of amidine groups is 1. The minimum Gasteiger partial charge on any atom is -0.300 e. The highest BCUT2D eigenvalue weighted by Crippen LogP contribution is 2.40. The Morgan fingerprint density at radius 1 is 1.13 bits per heavy atom. The molecule has 0 unspecified atom stereocenters.